The van der Waals surface area contributed by atoms with Gasteiger partial charge in [0.25, 0.3) is 0 Å². The first-order valence-corrected chi connectivity index (χ1v) is 11.9. The molecule has 0 fully saturated rings. The highest BCUT2D eigenvalue weighted by atomic mass is 16.5. The normalized spacial score (nSPS) is 13.2. The third kappa shape index (κ3) is 3.49. The van der Waals surface area contributed by atoms with Crippen molar-refractivity contribution in [3.63, 3.8) is 0 Å². The number of phenols is 3. The van der Waals surface area contributed by atoms with Crippen molar-refractivity contribution in [1.82, 2.24) is 0 Å². The Morgan fingerprint density at radius 1 is 0.611 bits per heavy atom. The van der Waals surface area contributed by atoms with E-state index < -0.39 is 0 Å². The van der Waals surface area contributed by atoms with E-state index in [1.54, 1.807) is 38.5 Å². The molecule has 6 rings (SSSR count). The van der Waals surface area contributed by atoms with E-state index in [1.165, 1.54) is 0 Å². The van der Waals surface area contributed by atoms with E-state index in [0.717, 1.165) is 51.8 Å². The molecule has 0 heterocycles. The molecule has 2 aliphatic carbocycles. The standard InChI is InChI=1S/C30H26O6/c1-34-21-13-18-4-3-17-12-20(7-10-22(17)28(18)25(32)14-21)36-30-24-8-5-16-11-19(31)6-9-23(16)29(24)26(33)15-27(30)35-2/h6-7,9-15,31-33H,3-5,8H2,1-2H3. The second-order valence-corrected chi connectivity index (χ2v) is 9.22. The summed E-state index contributed by atoms with van der Waals surface area (Å²) < 4.78 is 17.4. The van der Waals surface area contributed by atoms with Crippen molar-refractivity contribution in [2.75, 3.05) is 14.2 Å². The average Bonchev–Trinajstić information content (AvgIpc) is 2.89. The molecule has 0 aromatic heterocycles. The molecule has 0 saturated heterocycles. The fourth-order valence-electron chi connectivity index (χ4n) is 5.53. The molecule has 4 aromatic carbocycles. The van der Waals surface area contributed by atoms with Crippen molar-refractivity contribution in [3.05, 3.63) is 76.9 Å². The Bertz CT molecular complexity index is 1520. The molecule has 2 aliphatic rings. The first kappa shape index (κ1) is 22.2. The molecule has 0 bridgehead atoms. The van der Waals surface area contributed by atoms with Crippen molar-refractivity contribution < 1.29 is 29.5 Å². The van der Waals surface area contributed by atoms with Gasteiger partial charge in [0, 0.05) is 28.8 Å². The van der Waals surface area contributed by atoms with Gasteiger partial charge in [0.2, 0.25) is 0 Å². The number of phenolic OH excluding ortho intramolecular Hbond substituents is 3. The van der Waals surface area contributed by atoms with E-state index in [0.29, 0.717) is 41.4 Å². The van der Waals surface area contributed by atoms with E-state index in [9.17, 15) is 15.3 Å². The van der Waals surface area contributed by atoms with Gasteiger partial charge in [0.1, 0.15) is 28.7 Å². The van der Waals surface area contributed by atoms with Crippen LogP contribution in [0, 0.1) is 0 Å². The van der Waals surface area contributed by atoms with Gasteiger partial charge in [0.15, 0.2) is 11.5 Å². The quantitative estimate of drug-likeness (QED) is 0.324. The molecule has 0 amide bonds. The van der Waals surface area contributed by atoms with Crippen LogP contribution in [0.15, 0.2) is 54.6 Å². The summed E-state index contributed by atoms with van der Waals surface area (Å²) in [4.78, 5) is 0. The number of hydrogen-bond acceptors (Lipinski definition) is 6. The van der Waals surface area contributed by atoms with Crippen LogP contribution in [0.1, 0.15) is 22.3 Å². The molecule has 6 nitrogen and oxygen atoms in total. The fraction of sp³-hybridized carbons (Fsp3) is 0.200. The largest absolute Gasteiger partial charge is 0.508 e. The van der Waals surface area contributed by atoms with Gasteiger partial charge in [-0.2, -0.15) is 0 Å². The lowest BCUT2D eigenvalue weighted by Crippen LogP contribution is -2.08. The summed E-state index contributed by atoms with van der Waals surface area (Å²) in [6, 6.07) is 16.3. The minimum absolute atomic E-state index is 0.119. The maximum absolute atomic E-state index is 10.9. The van der Waals surface area contributed by atoms with Gasteiger partial charge in [-0.3, -0.25) is 0 Å². The summed E-state index contributed by atoms with van der Waals surface area (Å²) in [5.41, 5.74) is 7.42. The van der Waals surface area contributed by atoms with Crippen molar-refractivity contribution in [2.24, 2.45) is 0 Å². The molecule has 0 aliphatic heterocycles. The zero-order valence-electron chi connectivity index (χ0n) is 20.1. The van der Waals surface area contributed by atoms with E-state index in [1.807, 2.05) is 30.3 Å². The van der Waals surface area contributed by atoms with E-state index >= 15 is 0 Å². The van der Waals surface area contributed by atoms with Crippen molar-refractivity contribution in [1.29, 1.82) is 0 Å². The van der Waals surface area contributed by atoms with Crippen LogP contribution >= 0.6 is 0 Å². The topological polar surface area (TPSA) is 88.4 Å². The number of aryl methyl sites for hydroxylation is 3. The van der Waals surface area contributed by atoms with Crippen LogP contribution in [0.4, 0.5) is 0 Å². The van der Waals surface area contributed by atoms with Crippen molar-refractivity contribution in [2.45, 2.75) is 25.7 Å². The van der Waals surface area contributed by atoms with Crippen LogP contribution in [0.5, 0.6) is 40.2 Å². The van der Waals surface area contributed by atoms with E-state index in [2.05, 4.69) is 0 Å². The smallest absolute Gasteiger partial charge is 0.173 e. The van der Waals surface area contributed by atoms with Crippen LogP contribution in [-0.2, 0) is 25.7 Å². The lowest BCUT2D eigenvalue weighted by Gasteiger charge is -2.26. The van der Waals surface area contributed by atoms with Crippen molar-refractivity contribution in [3.8, 4) is 62.5 Å². The van der Waals surface area contributed by atoms with Crippen LogP contribution in [0.25, 0.3) is 22.3 Å². The minimum atomic E-state index is 0.119. The number of ether oxygens (including phenoxy) is 3. The van der Waals surface area contributed by atoms with Gasteiger partial charge in [-0.25, -0.2) is 0 Å². The van der Waals surface area contributed by atoms with Gasteiger partial charge < -0.3 is 29.5 Å². The van der Waals surface area contributed by atoms with Crippen LogP contribution in [-0.4, -0.2) is 29.5 Å². The third-order valence-corrected chi connectivity index (χ3v) is 7.18. The maximum Gasteiger partial charge on any atom is 0.173 e. The van der Waals surface area contributed by atoms with Gasteiger partial charge in [-0.05, 0) is 83.8 Å². The van der Waals surface area contributed by atoms with E-state index in [-0.39, 0.29) is 17.2 Å². The van der Waals surface area contributed by atoms with Crippen LogP contribution < -0.4 is 14.2 Å². The number of methoxy groups -OCH3 is 2. The highest BCUT2D eigenvalue weighted by molar-refractivity contribution is 5.83. The second-order valence-electron chi connectivity index (χ2n) is 9.22. The highest BCUT2D eigenvalue weighted by Crippen LogP contribution is 2.50. The highest BCUT2D eigenvalue weighted by Gasteiger charge is 2.27. The first-order chi connectivity index (χ1) is 17.5. The number of aromatic hydroxyl groups is 3. The molecule has 182 valence electrons. The van der Waals surface area contributed by atoms with Gasteiger partial charge in [0.05, 0.1) is 14.2 Å². The summed E-state index contributed by atoms with van der Waals surface area (Å²) in [6.45, 7) is 0. The molecule has 3 N–H and O–H groups in total. The number of rotatable bonds is 4. The van der Waals surface area contributed by atoms with Gasteiger partial charge >= 0.3 is 0 Å². The molecular formula is C30H26O6. The van der Waals surface area contributed by atoms with Crippen LogP contribution in [0.2, 0.25) is 0 Å². The Balaban J connectivity index is 1.42. The zero-order valence-corrected chi connectivity index (χ0v) is 20.1. The lowest BCUT2D eigenvalue weighted by molar-refractivity contribution is 0.371. The summed E-state index contributed by atoms with van der Waals surface area (Å²) in [5, 5.41) is 31.4. The Hall–Kier alpha value is -4.32. The third-order valence-electron chi connectivity index (χ3n) is 7.18. The number of fused-ring (bicyclic) bond motifs is 6. The summed E-state index contributed by atoms with van der Waals surface area (Å²) in [6.07, 6.45) is 2.95. The monoisotopic (exact) mass is 482 g/mol. The summed E-state index contributed by atoms with van der Waals surface area (Å²) in [5.74, 6) is 2.88. The minimum Gasteiger partial charge on any atom is -0.508 e. The van der Waals surface area contributed by atoms with Gasteiger partial charge in [-0.1, -0.05) is 12.1 Å². The molecule has 0 unspecified atom stereocenters. The van der Waals surface area contributed by atoms with Crippen LogP contribution in [0.3, 0.4) is 0 Å². The molecule has 0 saturated carbocycles. The Labute approximate surface area is 209 Å². The summed E-state index contributed by atoms with van der Waals surface area (Å²) >= 11 is 0. The molecule has 0 radical (unpaired) electrons. The fourth-order valence-corrected chi connectivity index (χ4v) is 5.53. The Morgan fingerprint density at radius 2 is 1.28 bits per heavy atom. The Morgan fingerprint density at radius 3 is 2.08 bits per heavy atom. The SMILES string of the molecule is COc1cc(O)c2c(c1)CCc1cc(Oc3c(OC)cc(O)c4c3CCc3cc(O)ccc3-4)ccc1-2. The molecule has 0 atom stereocenters. The lowest BCUT2D eigenvalue weighted by atomic mass is 9.84. The molecule has 0 spiro atoms. The van der Waals surface area contributed by atoms with Gasteiger partial charge in [-0.15, -0.1) is 0 Å². The molecular weight excluding hydrogens is 456 g/mol. The van der Waals surface area contributed by atoms with E-state index in [4.69, 9.17) is 14.2 Å². The summed E-state index contributed by atoms with van der Waals surface area (Å²) in [7, 11) is 3.16. The molecule has 6 heteroatoms. The molecule has 4 aromatic rings. The second kappa shape index (κ2) is 8.41. The van der Waals surface area contributed by atoms with Crippen molar-refractivity contribution >= 4 is 0 Å². The number of hydrogen-bond donors (Lipinski definition) is 3. The predicted octanol–water partition coefficient (Wildman–Crippen LogP) is 6.14. The molecule has 36 heavy (non-hydrogen) atoms. The maximum atomic E-state index is 10.9. The predicted molar refractivity (Wildman–Crippen MR) is 137 cm³/mol. The zero-order chi connectivity index (χ0) is 25.0. The first-order valence-electron chi connectivity index (χ1n) is 11.9. The number of benzene rings is 4. The average molecular weight is 483 g/mol. The Kier molecular flexibility index (Phi) is 5.18.